The number of benzene rings is 1. The van der Waals surface area contributed by atoms with Crippen LogP contribution in [0.5, 0.6) is 0 Å². The van der Waals surface area contributed by atoms with Gasteiger partial charge in [-0.1, -0.05) is 6.42 Å². The van der Waals surface area contributed by atoms with Gasteiger partial charge in [-0.3, -0.25) is 10.1 Å². The maximum Gasteiger partial charge on any atom is 0.335 e. The molecule has 0 aliphatic heterocycles. The molecule has 8 heteroatoms. The minimum atomic E-state index is -0.467. The van der Waals surface area contributed by atoms with E-state index in [1.54, 1.807) is 12.1 Å². The molecule has 2 N–H and O–H groups in total. The third-order valence-electron chi connectivity index (χ3n) is 3.05. The fourth-order valence-electron chi connectivity index (χ4n) is 1.82. The topological polar surface area (TPSA) is 99.9 Å². The molecule has 0 aliphatic rings. The Bertz CT molecular complexity index is 528. The number of unbranched alkanes of at least 4 members (excludes halogenated alkanes) is 2. The molecule has 0 unspecified atom stereocenters. The molecule has 1 aromatic carbocycles. The van der Waals surface area contributed by atoms with Crippen molar-refractivity contribution in [3.63, 3.8) is 0 Å². The van der Waals surface area contributed by atoms with Crippen LogP contribution < -0.4 is 10.7 Å². The Kier molecular flexibility index (Phi) is 8.30. The van der Waals surface area contributed by atoms with Crippen molar-refractivity contribution in [1.29, 1.82) is 0 Å². The van der Waals surface area contributed by atoms with Crippen molar-refractivity contribution in [3.8, 4) is 0 Å². The van der Waals surface area contributed by atoms with Crippen molar-refractivity contribution >= 4 is 17.9 Å². The number of rotatable bonds is 9. The number of amides is 2. The molecule has 23 heavy (non-hydrogen) atoms. The minimum absolute atomic E-state index is 0.0159. The van der Waals surface area contributed by atoms with Crippen LogP contribution in [0.1, 0.15) is 24.8 Å². The normalized spacial score (nSPS) is 10.9. The summed E-state index contributed by atoms with van der Waals surface area (Å²) >= 11 is 0. The van der Waals surface area contributed by atoms with Gasteiger partial charge in [0.1, 0.15) is 0 Å². The number of nitro benzene ring substituents is 1. The zero-order valence-electron chi connectivity index (χ0n) is 13.5. The van der Waals surface area contributed by atoms with Crippen molar-refractivity contribution < 1.29 is 9.72 Å². The van der Waals surface area contributed by atoms with Gasteiger partial charge >= 0.3 is 6.03 Å². The fraction of sp³-hybridized carbons (Fsp3) is 0.467. The van der Waals surface area contributed by atoms with Crippen LogP contribution in [0.3, 0.4) is 0 Å². The first kappa shape index (κ1) is 18.6. The summed E-state index contributed by atoms with van der Waals surface area (Å²) in [5.74, 6) is 0. The number of nitrogens with one attached hydrogen (secondary N) is 2. The molecular formula is C15H23N5O3. The third-order valence-corrected chi connectivity index (χ3v) is 3.05. The van der Waals surface area contributed by atoms with Crippen LogP contribution in [0.2, 0.25) is 0 Å². The van der Waals surface area contributed by atoms with E-state index in [4.69, 9.17) is 0 Å². The highest BCUT2D eigenvalue weighted by atomic mass is 16.6. The van der Waals surface area contributed by atoms with Gasteiger partial charge in [0.05, 0.1) is 11.1 Å². The molecule has 0 bridgehead atoms. The predicted molar refractivity (Wildman–Crippen MR) is 89.6 cm³/mol. The molecule has 0 spiro atoms. The van der Waals surface area contributed by atoms with Gasteiger partial charge < -0.3 is 10.2 Å². The number of hydrogen-bond acceptors (Lipinski definition) is 5. The van der Waals surface area contributed by atoms with E-state index in [9.17, 15) is 14.9 Å². The van der Waals surface area contributed by atoms with Gasteiger partial charge in [0.25, 0.3) is 5.69 Å². The van der Waals surface area contributed by atoms with Crippen LogP contribution in [0.4, 0.5) is 10.5 Å². The van der Waals surface area contributed by atoms with Crippen LogP contribution in [-0.4, -0.2) is 49.3 Å². The number of nitrogens with zero attached hydrogens (tertiary/aromatic N) is 3. The standard InChI is InChI=1S/C15H23N5O3/c1-19(2)11-5-3-4-10-16-15(21)18-17-12-13-6-8-14(9-7-13)20(22)23/h6-9,12H,3-5,10-11H2,1-2H3,(H2,16,18,21)/b17-12-. The summed E-state index contributed by atoms with van der Waals surface area (Å²) in [5.41, 5.74) is 3.04. The van der Waals surface area contributed by atoms with E-state index in [-0.39, 0.29) is 11.7 Å². The van der Waals surface area contributed by atoms with E-state index in [0.29, 0.717) is 12.1 Å². The molecule has 0 radical (unpaired) electrons. The summed E-state index contributed by atoms with van der Waals surface area (Å²) < 4.78 is 0. The van der Waals surface area contributed by atoms with E-state index in [0.717, 1.165) is 25.8 Å². The quantitative estimate of drug-likeness (QED) is 0.314. The van der Waals surface area contributed by atoms with E-state index in [1.165, 1.54) is 18.3 Å². The lowest BCUT2D eigenvalue weighted by Crippen LogP contribution is -2.33. The van der Waals surface area contributed by atoms with Gasteiger partial charge in [-0.05, 0) is 51.2 Å². The highest BCUT2D eigenvalue weighted by Gasteiger charge is 2.02. The first-order valence-electron chi connectivity index (χ1n) is 7.45. The number of urea groups is 1. The Hall–Kier alpha value is -2.48. The van der Waals surface area contributed by atoms with E-state index < -0.39 is 4.92 Å². The van der Waals surface area contributed by atoms with Gasteiger partial charge in [0.2, 0.25) is 0 Å². The summed E-state index contributed by atoms with van der Waals surface area (Å²) in [6.45, 7) is 1.65. The van der Waals surface area contributed by atoms with E-state index in [2.05, 4.69) is 20.7 Å². The molecule has 0 atom stereocenters. The second-order valence-corrected chi connectivity index (χ2v) is 5.34. The van der Waals surface area contributed by atoms with Crippen LogP contribution in [0.15, 0.2) is 29.4 Å². The molecular weight excluding hydrogens is 298 g/mol. The average Bonchev–Trinajstić information content (AvgIpc) is 2.51. The zero-order valence-corrected chi connectivity index (χ0v) is 13.5. The molecule has 0 saturated heterocycles. The number of hydrogen-bond donors (Lipinski definition) is 2. The van der Waals surface area contributed by atoms with Crippen molar-refractivity contribution in [1.82, 2.24) is 15.6 Å². The molecule has 126 valence electrons. The molecule has 0 aromatic heterocycles. The van der Waals surface area contributed by atoms with Crippen LogP contribution in [0.25, 0.3) is 0 Å². The summed E-state index contributed by atoms with van der Waals surface area (Å²) in [6.07, 6.45) is 4.52. The fourth-order valence-corrected chi connectivity index (χ4v) is 1.82. The summed E-state index contributed by atoms with van der Waals surface area (Å²) in [5, 5.41) is 17.0. The molecule has 2 amide bonds. The third kappa shape index (κ3) is 8.52. The van der Waals surface area contributed by atoms with Crippen LogP contribution >= 0.6 is 0 Å². The van der Waals surface area contributed by atoms with Crippen molar-refractivity contribution in [2.75, 3.05) is 27.2 Å². The minimum Gasteiger partial charge on any atom is -0.337 e. The largest absolute Gasteiger partial charge is 0.337 e. The summed E-state index contributed by atoms with van der Waals surface area (Å²) in [4.78, 5) is 23.7. The number of nitro groups is 1. The molecule has 1 rings (SSSR count). The van der Waals surface area contributed by atoms with Crippen molar-refractivity contribution in [2.45, 2.75) is 19.3 Å². The van der Waals surface area contributed by atoms with Gasteiger partial charge in [-0.15, -0.1) is 0 Å². The zero-order chi connectivity index (χ0) is 17.1. The lowest BCUT2D eigenvalue weighted by Gasteiger charge is -2.08. The molecule has 0 saturated carbocycles. The molecule has 1 aromatic rings. The Morgan fingerprint density at radius 2 is 1.96 bits per heavy atom. The monoisotopic (exact) mass is 321 g/mol. The Morgan fingerprint density at radius 3 is 2.57 bits per heavy atom. The SMILES string of the molecule is CN(C)CCCCCNC(=O)N/N=C\c1ccc([N+](=O)[O-])cc1. The second-order valence-electron chi connectivity index (χ2n) is 5.34. The van der Waals surface area contributed by atoms with Gasteiger partial charge in [-0.2, -0.15) is 5.10 Å². The Labute approximate surface area is 135 Å². The first-order valence-corrected chi connectivity index (χ1v) is 7.45. The molecule has 8 nitrogen and oxygen atoms in total. The lowest BCUT2D eigenvalue weighted by atomic mass is 10.2. The van der Waals surface area contributed by atoms with E-state index in [1.807, 2.05) is 14.1 Å². The second kappa shape index (κ2) is 10.3. The van der Waals surface area contributed by atoms with Crippen molar-refractivity contribution in [2.24, 2.45) is 5.10 Å². The highest BCUT2D eigenvalue weighted by molar-refractivity contribution is 5.82. The summed E-state index contributed by atoms with van der Waals surface area (Å²) in [6, 6.07) is 5.53. The number of hydrazone groups is 1. The van der Waals surface area contributed by atoms with E-state index >= 15 is 0 Å². The molecule has 0 aliphatic carbocycles. The predicted octanol–water partition coefficient (Wildman–Crippen LogP) is 1.96. The molecule has 0 fully saturated rings. The summed E-state index contributed by atoms with van der Waals surface area (Å²) in [7, 11) is 4.07. The number of carbonyl (C=O) groups excluding carboxylic acids is 1. The van der Waals surface area contributed by atoms with Crippen molar-refractivity contribution in [3.05, 3.63) is 39.9 Å². The van der Waals surface area contributed by atoms with Crippen LogP contribution in [-0.2, 0) is 0 Å². The van der Waals surface area contributed by atoms with Gasteiger partial charge in [0, 0.05) is 18.7 Å². The average molecular weight is 321 g/mol. The highest BCUT2D eigenvalue weighted by Crippen LogP contribution is 2.10. The smallest absolute Gasteiger partial charge is 0.335 e. The van der Waals surface area contributed by atoms with Gasteiger partial charge in [0.15, 0.2) is 0 Å². The lowest BCUT2D eigenvalue weighted by molar-refractivity contribution is -0.384. The number of non-ortho nitro benzene ring substituents is 1. The Morgan fingerprint density at radius 1 is 1.26 bits per heavy atom. The maximum atomic E-state index is 11.5. The van der Waals surface area contributed by atoms with Gasteiger partial charge in [-0.25, -0.2) is 10.2 Å². The number of carbonyl (C=O) groups is 1. The van der Waals surface area contributed by atoms with Crippen LogP contribution in [0, 0.1) is 10.1 Å². The molecule has 0 heterocycles. The Balaban J connectivity index is 2.18. The maximum absolute atomic E-state index is 11.5. The first-order chi connectivity index (χ1) is 11.0.